The van der Waals surface area contributed by atoms with Gasteiger partial charge in [0.1, 0.15) is 4.88 Å². The Hall–Kier alpha value is -2.28. The van der Waals surface area contributed by atoms with E-state index in [4.69, 9.17) is 4.74 Å². The number of hydrogen-bond donors (Lipinski definition) is 0. The third kappa shape index (κ3) is 5.68. The molecule has 0 saturated heterocycles. The number of thiazole rings is 1. The van der Waals surface area contributed by atoms with E-state index < -0.39 is 0 Å². The number of hydrogen-bond acceptors (Lipinski definition) is 6. The third-order valence-electron chi connectivity index (χ3n) is 6.43. The molecule has 0 aromatic carbocycles. The fourth-order valence-electron chi connectivity index (χ4n) is 4.58. The van der Waals surface area contributed by atoms with Gasteiger partial charge in [-0.05, 0) is 49.7 Å². The zero-order chi connectivity index (χ0) is 25.3. The predicted octanol–water partition coefficient (Wildman–Crippen LogP) is 6.32. The zero-order valence-corrected chi connectivity index (χ0v) is 22.8. The molecular weight excluding hydrogens is 446 g/mol. The lowest BCUT2D eigenvalue weighted by Gasteiger charge is -2.30. The van der Waals surface area contributed by atoms with Crippen LogP contribution in [-0.2, 0) is 9.53 Å². The fourth-order valence-corrected chi connectivity index (χ4v) is 5.61. The molecule has 0 atom stereocenters. The van der Waals surface area contributed by atoms with E-state index in [-0.39, 0.29) is 22.6 Å². The van der Waals surface area contributed by atoms with Crippen LogP contribution < -0.4 is 4.80 Å². The summed E-state index contributed by atoms with van der Waals surface area (Å²) in [5.41, 5.74) is 2.42. The highest BCUT2D eigenvalue weighted by molar-refractivity contribution is 7.11. The van der Waals surface area contributed by atoms with Gasteiger partial charge < -0.3 is 9.30 Å². The standard InChI is InChI=1S/C27H39N3O3S/c1-9-33-24(32)23-17(2)30(19-13-11-10-12-14-19)25(34-23)29-28-18-15-20(26(3,4)5)22(31)21(16-18)27(6,7)8/h15-16,19H,9-14H2,1-8H3/b29-25+. The highest BCUT2D eigenvalue weighted by atomic mass is 32.1. The molecule has 1 aromatic rings. The molecule has 0 unspecified atom stereocenters. The van der Waals surface area contributed by atoms with Crippen LogP contribution in [0.4, 0.5) is 0 Å². The second-order valence-electron chi connectivity index (χ2n) is 11.3. The molecule has 34 heavy (non-hydrogen) atoms. The van der Waals surface area contributed by atoms with Gasteiger partial charge >= 0.3 is 5.97 Å². The first-order chi connectivity index (χ1) is 15.8. The summed E-state index contributed by atoms with van der Waals surface area (Å²) in [7, 11) is 0. The summed E-state index contributed by atoms with van der Waals surface area (Å²) in [5, 5.41) is 9.25. The number of ether oxygens (including phenoxy) is 1. The Morgan fingerprint density at radius 3 is 2.09 bits per heavy atom. The van der Waals surface area contributed by atoms with Crippen molar-refractivity contribution in [2.75, 3.05) is 6.61 Å². The van der Waals surface area contributed by atoms with Crippen molar-refractivity contribution in [1.29, 1.82) is 0 Å². The van der Waals surface area contributed by atoms with Gasteiger partial charge in [-0.3, -0.25) is 4.79 Å². The van der Waals surface area contributed by atoms with Crippen LogP contribution in [0.25, 0.3) is 0 Å². The molecule has 7 heteroatoms. The van der Waals surface area contributed by atoms with Gasteiger partial charge in [0.15, 0.2) is 5.78 Å². The summed E-state index contributed by atoms with van der Waals surface area (Å²) >= 11 is 1.34. The van der Waals surface area contributed by atoms with Crippen LogP contribution in [0.1, 0.15) is 102 Å². The Kier molecular flexibility index (Phi) is 7.85. The van der Waals surface area contributed by atoms with Crippen molar-refractivity contribution in [1.82, 2.24) is 4.57 Å². The normalized spacial score (nSPS) is 18.6. The van der Waals surface area contributed by atoms with Crippen molar-refractivity contribution >= 4 is 28.8 Å². The minimum Gasteiger partial charge on any atom is -0.462 e. The van der Waals surface area contributed by atoms with Gasteiger partial charge in [0, 0.05) is 22.9 Å². The lowest BCUT2D eigenvalue weighted by molar-refractivity contribution is -0.114. The lowest BCUT2D eigenvalue weighted by atomic mass is 9.72. The van der Waals surface area contributed by atoms with Crippen LogP contribution in [0.2, 0.25) is 0 Å². The number of esters is 1. The smallest absolute Gasteiger partial charge is 0.350 e. The maximum atomic E-state index is 13.2. The molecule has 0 bridgehead atoms. The molecule has 1 heterocycles. The van der Waals surface area contributed by atoms with Crippen molar-refractivity contribution in [3.8, 4) is 0 Å². The van der Waals surface area contributed by atoms with Crippen LogP contribution in [0, 0.1) is 17.8 Å². The van der Waals surface area contributed by atoms with Crippen molar-refractivity contribution in [3.63, 3.8) is 0 Å². The largest absolute Gasteiger partial charge is 0.462 e. The summed E-state index contributed by atoms with van der Waals surface area (Å²) in [6.45, 7) is 16.4. The molecule has 1 aromatic heterocycles. The van der Waals surface area contributed by atoms with Crippen molar-refractivity contribution in [3.05, 3.63) is 38.7 Å². The highest BCUT2D eigenvalue weighted by Crippen LogP contribution is 2.37. The Morgan fingerprint density at radius 2 is 1.59 bits per heavy atom. The number of carbonyl (C=O) groups excluding carboxylic acids is 2. The first-order valence-corrected chi connectivity index (χ1v) is 13.2. The molecule has 0 spiro atoms. The van der Waals surface area contributed by atoms with Crippen LogP contribution in [0.3, 0.4) is 0 Å². The molecule has 3 rings (SSSR count). The first-order valence-electron chi connectivity index (χ1n) is 12.3. The van der Waals surface area contributed by atoms with Gasteiger partial charge in [0.25, 0.3) is 0 Å². The predicted molar refractivity (Wildman–Crippen MR) is 138 cm³/mol. The molecule has 0 amide bonds. The fraction of sp³-hybridized carbons (Fsp3) is 0.630. The van der Waals surface area contributed by atoms with Gasteiger partial charge in [0.05, 0.1) is 12.3 Å². The first kappa shape index (κ1) is 26.3. The Labute approximate surface area is 207 Å². The van der Waals surface area contributed by atoms with E-state index in [9.17, 15) is 9.59 Å². The topological polar surface area (TPSA) is 73.0 Å². The van der Waals surface area contributed by atoms with E-state index in [1.807, 2.05) is 67.5 Å². The minimum atomic E-state index is -0.309. The summed E-state index contributed by atoms with van der Waals surface area (Å²) in [4.78, 5) is 27.1. The third-order valence-corrected chi connectivity index (χ3v) is 7.56. The van der Waals surface area contributed by atoms with Gasteiger partial charge in [-0.25, -0.2) is 4.79 Å². The number of Topliss-reactive ketones (excluding diaryl/α,β-unsaturated/α-hetero) is 1. The van der Waals surface area contributed by atoms with Crippen LogP contribution in [0.15, 0.2) is 33.5 Å². The van der Waals surface area contributed by atoms with Crippen LogP contribution in [0.5, 0.6) is 0 Å². The summed E-state index contributed by atoms with van der Waals surface area (Å²) in [6, 6.07) is 0.307. The summed E-state index contributed by atoms with van der Waals surface area (Å²) in [6.07, 6.45) is 9.45. The molecular formula is C27H39N3O3S. The second-order valence-corrected chi connectivity index (χ2v) is 12.2. The number of rotatable bonds is 4. The van der Waals surface area contributed by atoms with Crippen molar-refractivity contribution < 1.29 is 14.3 Å². The Balaban J connectivity index is 2.17. The van der Waals surface area contributed by atoms with Gasteiger partial charge in [0.2, 0.25) is 4.80 Å². The molecule has 0 aliphatic heterocycles. The molecule has 0 N–H and O–H groups in total. The number of allylic oxidation sites excluding steroid dienone is 4. The SMILES string of the molecule is CCOC(=O)c1s/c(=N/N=C2C=C(C(C)(C)C)C(=O)C(C(C)(C)C)=C2)n(C2CCCCC2)c1C. The average Bonchev–Trinajstić information content (AvgIpc) is 3.08. The number of nitrogens with zero attached hydrogens (tertiary/aromatic N) is 3. The zero-order valence-electron chi connectivity index (χ0n) is 21.9. The number of aromatic nitrogens is 1. The number of carbonyl (C=O) groups is 2. The molecule has 6 nitrogen and oxygen atoms in total. The Bertz CT molecular complexity index is 1080. The van der Waals surface area contributed by atoms with E-state index in [0.717, 1.165) is 29.7 Å². The van der Waals surface area contributed by atoms with E-state index in [0.29, 0.717) is 28.0 Å². The van der Waals surface area contributed by atoms with E-state index >= 15 is 0 Å². The molecule has 1 fully saturated rings. The quantitative estimate of drug-likeness (QED) is 0.284. The van der Waals surface area contributed by atoms with Gasteiger partial charge in [-0.1, -0.05) is 72.1 Å². The second kappa shape index (κ2) is 10.1. The van der Waals surface area contributed by atoms with E-state index in [2.05, 4.69) is 14.8 Å². The molecule has 1 saturated carbocycles. The van der Waals surface area contributed by atoms with Crippen molar-refractivity contribution in [2.45, 2.75) is 93.5 Å². The lowest BCUT2D eigenvalue weighted by Crippen LogP contribution is -2.29. The highest BCUT2D eigenvalue weighted by Gasteiger charge is 2.34. The molecule has 2 aliphatic carbocycles. The van der Waals surface area contributed by atoms with Gasteiger partial charge in [-0.15, -0.1) is 10.2 Å². The van der Waals surface area contributed by atoms with Crippen LogP contribution in [-0.4, -0.2) is 28.6 Å². The van der Waals surface area contributed by atoms with Crippen molar-refractivity contribution in [2.24, 2.45) is 21.0 Å². The maximum absolute atomic E-state index is 13.2. The molecule has 0 radical (unpaired) electrons. The monoisotopic (exact) mass is 485 g/mol. The maximum Gasteiger partial charge on any atom is 0.350 e. The van der Waals surface area contributed by atoms with Gasteiger partial charge in [-0.2, -0.15) is 0 Å². The van der Waals surface area contributed by atoms with Crippen LogP contribution >= 0.6 is 11.3 Å². The summed E-state index contributed by atoms with van der Waals surface area (Å²) in [5.74, 6) is -0.232. The summed E-state index contributed by atoms with van der Waals surface area (Å²) < 4.78 is 7.48. The average molecular weight is 486 g/mol. The molecule has 186 valence electrons. The Morgan fingerprint density at radius 1 is 1.03 bits per heavy atom. The number of ketones is 1. The molecule has 2 aliphatic rings. The van der Waals surface area contributed by atoms with E-state index in [1.165, 1.54) is 30.6 Å². The van der Waals surface area contributed by atoms with E-state index in [1.54, 1.807) is 0 Å². The minimum absolute atomic E-state index is 0.0767.